The number of alkyl halides is 1. The standard InChI is InChI=1S/C11H8BrNO2/c12-6-2-1-3-8-4-5-9-10(7-8)15-11(14)13-9/h4-5,7H,2,6H2,(H,13,14). The fraction of sp³-hybridized carbons (Fsp3) is 0.182. The fourth-order valence-electron chi connectivity index (χ4n) is 1.23. The van der Waals surface area contributed by atoms with Gasteiger partial charge in [0.05, 0.1) is 5.52 Å². The summed E-state index contributed by atoms with van der Waals surface area (Å²) in [5.74, 6) is 5.55. The molecular formula is C11H8BrNO2. The highest BCUT2D eigenvalue weighted by Crippen LogP contribution is 2.11. The lowest BCUT2D eigenvalue weighted by Crippen LogP contribution is -1.92. The second-order valence-corrected chi connectivity index (χ2v) is 3.76. The molecule has 0 saturated heterocycles. The summed E-state index contributed by atoms with van der Waals surface area (Å²) in [6.45, 7) is 0. The molecule has 0 unspecified atom stereocenters. The van der Waals surface area contributed by atoms with Crippen LogP contribution in [-0.2, 0) is 0 Å². The zero-order chi connectivity index (χ0) is 10.7. The van der Waals surface area contributed by atoms with Crippen molar-refractivity contribution in [1.29, 1.82) is 0 Å². The highest BCUT2D eigenvalue weighted by atomic mass is 79.9. The first-order valence-electron chi connectivity index (χ1n) is 4.47. The number of hydrogen-bond donors (Lipinski definition) is 1. The lowest BCUT2D eigenvalue weighted by atomic mass is 10.2. The normalized spacial score (nSPS) is 9.93. The minimum absolute atomic E-state index is 0.435. The zero-order valence-electron chi connectivity index (χ0n) is 7.84. The van der Waals surface area contributed by atoms with Crippen LogP contribution in [0.25, 0.3) is 11.1 Å². The van der Waals surface area contributed by atoms with Crippen molar-refractivity contribution in [1.82, 2.24) is 4.98 Å². The van der Waals surface area contributed by atoms with E-state index in [9.17, 15) is 4.79 Å². The van der Waals surface area contributed by atoms with Gasteiger partial charge in [-0.3, -0.25) is 4.98 Å². The SMILES string of the molecule is O=c1[nH]c2ccc(C#CCCBr)cc2o1. The Morgan fingerprint density at radius 1 is 1.47 bits per heavy atom. The smallest absolute Gasteiger partial charge is 0.408 e. The van der Waals surface area contributed by atoms with E-state index in [1.165, 1.54) is 0 Å². The molecule has 0 radical (unpaired) electrons. The van der Waals surface area contributed by atoms with Crippen LogP contribution in [0.2, 0.25) is 0 Å². The minimum Gasteiger partial charge on any atom is -0.408 e. The third kappa shape index (κ3) is 2.31. The van der Waals surface area contributed by atoms with Crippen molar-refractivity contribution in [2.45, 2.75) is 6.42 Å². The Hall–Kier alpha value is -1.47. The van der Waals surface area contributed by atoms with Gasteiger partial charge in [0.25, 0.3) is 0 Å². The van der Waals surface area contributed by atoms with Gasteiger partial charge in [0.1, 0.15) is 0 Å². The lowest BCUT2D eigenvalue weighted by Gasteiger charge is -1.89. The first-order valence-corrected chi connectivity index (χ1v) is 5.59. The summed E-state index contributed by atoms with van der Waals surface area (Å²) >= 11 is 3.30. The molecule has 1 heterocycles. The van der Waals surface area contributed by atoms with Gasteiger partial charge in [-0.25, -0.2) is 4.79 Å². The van der Waals surface area contributed by atoms with Gasteiger partial charge in [0.2, 0.25) is 0 Å². The number of rotatable bonds is 1. The molecule has 1 aromatic carbocycles. The number of H-pyrrole nitrogens is 1. The van der Waals surface area contributed by atoms with Gasteiger partial charge in [-0.2, -0.15) is 0 Å². The fourth-order valence-corrected chi connectivity index (χ4v) is 1.43. The summed E-state index contributed by atoms with van der Waals surface area (Å²) in [4.78, 5) is 13.5. The predicted molar refractivity (Wildman–Crippen MR) is 62.1 cm³/mol. The van der Waals surface area contributed by atoms with E-state index >= 15 is 0 Å². The first kappa shape index (κ1) is 10.1. The summed E-state index contributed by atoms with van der Waals surface area (Å²) in [6, 6.07) is 5.40. The van der Waals surface area contributed by atoms with Crippen molar-refractivity contribution in [2.75, 3.05) is 5.33 Å². The number of hydrogen-bond acceptors (Lipinski definition) is 2. The van der Waals surface area contributed by atoms with Gasteiger partial charge in [-0.1, -0.05) is 27.8 Å². The molecule has 0 aliphatic heterocycles. The van der Waals surface area contributed by atoms with Crippen molar-refractivity contribution in [2.24, 2.45) is 0 Å². The molecular weight excluding hydrogens is 258 g/mol. The molecule has 76 valence electrons. The Balaban J connectivity index is 2.39. The largest absolute Gasteiger partial charge is 0.417 e. The third-order valence-electron chi connectivity index (χ3n) is 1.87. The van der Waals surface area contributed by atoms with E-state index in [0.29, 0.717) is 11.1 Å². The number of fused-ring (bicyclic) bond motifs is 1. The molecule has 1 aromatic heterocycles. The summed E-state index contributed by atoms with van der Waals surface area (Å²) in [7, 11) is 0. The number of halogens is 1. The first-order chi connectivity index (χ1) is 7.29. The molecule has 1 N–H and O–H groups in total. The summed E-state index contributed by atoms with van der Waals surface area (Å²) in [5.41, 5.74) is 2.10. The maximum absolute atomic E-state index is 10.9. The predicted octanol–water partition coefficient (Wildman–Crippen LogP) is 2.26. The van der Waals surface area contributed by atoms with E-state index < -0.39 is 5.76 Å². The van der Waals surface area contributed by atoms with Crippen LogP contribution in [0, 0.1) is 11.8 Å². The summed E-state index contributed by atoms with van der Waals surface area (Å²) < 4.78 is 4.93. The molecule has 0 spiro atoms. The topological polar surface area (TPSA) is 46.0 Å². The second-order valence-electron chi connectivity index (χ2n) is 2.97. The maximum Gasteiger partial charge on any atom is 0.417 e. The van der Waals surface area contributed by atoms with Gasteiger partial charge < -0.3 is 4.42 Å². The van der Waals surface area contributed by atoms with E-state index in [0.717, 1.165) is 17.3 Å². The van der Waals surface area contributed by atoms with Gasteiger partial charge in [-0.05, 0) is 18.2 Å². The average Bonchev–Trinajstić information content (AvgIpc) is 2.57. The highest BCUT2D eigenvalue weighted by Gasteiger charge is 1.99. The van der Waals surface area contributed by atoms with Crippen LogP contribution in [-0.4, -0.2) is 10.3 Å². The maximum atomic E-state index is 10.9. The van der Waals surface area contributed by atoms with Crippen LogP contribution < -0.4 is 5.76 Å². The van der Waals surface area contributed by atoms with Crippen LogP contribution in [0.5, 0.6) is 0 Å². The number of oxazole rings is 1. The number of benzene rings is 1. The molecule has 0 aliphatic rings. The molecule has 0 bridgehead atoms. The van der Waals surface area contributed by atoms with Crippen LogP contribution in [0.4, 0.5) is 0 Å². The summed E-state index contributed by atoms with van der Waals surface area (Å²) in [6.07, 6.45) is 0.801. The van der Waals surface area contributed by atoms with E-state index in [1.807, 2.05) is 6.07 Å². The van der Waals surface area contributed by atoms with Crippen molar-refractivity contribution < 1.29 is 4.42 Å². The minimum atomic E-state index is -0.435. The molecule has 0 aliphatic carbocycles. The van der Waals surface area contributed by atoms with Crippen molar-refractivity contribution in [3.63, 3.8) is 0 Å². The Morgan fingerprint density at radius 3 is 3.13 bits per heavy atom. The van der Waals surface area contributed by atoms with Crippen LogP contribution in [0.1, 0.15) is 12.0 Å². The van der Waals surface area contributed by atoms with Gasteiger partial charge >= 0.3 is 5.76 Å². The Bertz CT molecular complexity index is 586. The molecule has 3 nitrogen and oxygen atoms in total. The lowest BCUT2D eigenvalue weighted by molar-refractivity contribution is 0.555. The quantitative estimate of drug-likeness (QED) is 0.635. The zero-order valence-corrected chi connectivity index (χ0v) is 9.43. The number of nitrogens with one attached hydrogen (secondary N) is 1. The molecule has 0 atom stereocenters. The van der Waals surface area contributed by atoms with Crippen molar-refractivity contribution >= 4 is 27.0 Å². The van der Waals surface area contributed by atoms with Crippen molar-refractivity contribution in [3.05, 3.63) is 34.3 Å². The molecule has 2 aromatic rings. The molecule has 4 heteroatoms. The van der Waals surface area contributed by atoms with E-state index in [2.05, 4.69) is 32.8 Å². The molecule has 2 rings (SSSR count). The van der Waals surface area contributed by atoms with Crippen molar-refractivity contribution in [3.8, 4) is 11.8 Å². The molecule has 15 heavy (non-hydrogen) atoms. The average molecular weight is 266 g/mol. The Kier molecular flexibility index (Phi) is 2.93. The van der Waals surface area contributed by atoms with Crippen LogP contribution >= 0.6 is 15.9 Å². The van der Waals surface area contributed by atoms with Crippen LogP contribution in [0.3, 0.4) is 0 Å². The number of aromatic nitrogens is 1. The second kappa shape index (κ2) is 4.37. The van der Waals surface area contributed by atoms with E-state index in [4.69, 9.17) is 4.42 Å². The highest BCUT2D eigenvalue weighted by molar-refractivity contribution is 9.09. The van der Waals surface area contributed by atoms with Gasteiger partial charge in [0, 0.05) is 17.3 Å². The monoisotopic (exact) mass is 265 g/mol. The van der Waals surface area contributed by atoms with Crippen LogP contribution in [0.15, 0.2) is 27.4 Å². The Morgan fingerprint density at radius 2 is 2.33 bits per heavy atom. The van der Waals surface area contributed by atoms with Gasteiger partial charge in [0.15, 0.2) is 5.58 Å². The molecule has 0 saturated carbocycles. The molecule has 0 amide bonds. The summed E-state index contributed by atoms with van der Waals surface area (Å²) in [5, 5.41) is 0.863. The van der Waals surface area contributed by atoms with E-state index in [-0.39, 0.29) is 0 Å². The third-order valence-corrected chi connectivity index (χ3v) is 2.27. The van der Waals surface area contributed by atoms with Gasteiger partial charge in [-0.15, -0.1) is 0 Å². The molecule has 0 fully saturated rings. The number of aromatic amines is 1. The van der Waals surface area contributed by atoms with E-state index in [1.54, 1.807) is 12.1 Å². The Labute approximate surface area is 94.6 Å².